The molecule has 1 amide bonds. The minimum atomic E-state index is -1.97. The van der Waals surface area contributed by atoms with Crippen molar-refractivity contribution in [2.45, 2.75) is 32.0 Å². The molecule has 0 bridgehead atoms. The molecule has 0 aliphatic rings. The summed E-state index contributed by atoms with van der Waals surface area (Å²) in [7, 11) is 1.17. The van der Waals surface area contributed by atoms with Gasteiger partial charge in [0.2, 0.25) is 5.54 Å². The van der Waals surface area contributed by atoms with Crippen molar-refractivity contribution in [3.05, 3.63) is 78.1 Å². The van der Waals surface area contributed by atoms with Crippen LogP contribution in [0.5, 0.6) is 5.75 Å². The number of ether oxygens (including phenoxy) is 2. The first kappa shape index (κ1) is 26.5. The van der Waals surface area contributed by atoms with E-state index in [-0.39, 0.29) is 37.4 Å². The van der Waals surface area contributed by atoms with Gasteiger partial charge in [-0.2, -0.15) is 0 Å². The van der Waals surface area contributed by atoms with Gasteiger partial charge in [-0.25, -0.2) is 9.18 Å². The summed E-state index contributed by atoms with van der Waals surface area (Å²) >= 11 is 0. The predicted octanol–water partition coefficient (Wildman–Crippen LogP) is 2.70. The SMILES string of the molecule is C=CC[C@](C(=O)NCC(=O)OC)(C(=O)OCC)N(Cc1ccccc1)Cc1cc(F)ccc1O. The van der Waals surface area contributed by atoms with Crippen LogP contribution < -0.4 is 5.32 Å². The van der Waals surface area contributed by atoms with E-state index in [0.717, 1.165) is 17.7 Å². The molecule has 0 fully saturated rings. The number of hydrogen-bond donors (Lipinski definition) is 2. The van der Waals surface area contributed by atoms with Crippen LogP contribution in [0.3, 0.4) is 0 Å². The van der Waals surface area contributed by atoms with Gasteiger partial charge in [-0.1, -0.05) is 36.4 Å². The Labute approximate surface area is 198 Å². The number of amides is 1. The lowest BCUT2D eigenvalue weighted by Gasteiger charge is -2.40. The number of esters is 2. The normalized spacial score (nSPS) is 12.5. The first-order chi connectivity index (χ1) is 16.3. The maximum absolute atomic E-state index is 14.0. The third kappa shape index (κ3) is 6.41. The average molecular weight is 473 g/mol. The van der Waals surface area contributed by atoms with Gasteiger partial charge in [0.25, 0.3) is 5.91 Å². The molecule has 9 heteroatoms. The molecular weight excluding hydrogens is 443 g/mol. The standard InChI is InChI=1S/C25H29FN2O6/c1-4-13-25(24(32)34-5-2,23(31)27-15-22(30)33-3)28(16-18-9-7-6-8-10-18)17-19-14-20(26)11-12-21(19)29/h4,6-12,14,29H,1,5,13,15-17H2,2-3H3,(H,27,31)/t25-/m0/s1. The summed E-state index contributed by atoms with van der Waals surface area (Å²) in [5.74, 6) is -3.19. The van der Waals surface area contributed by atoms with Crippen LogP contribution in [0.1, 0.15) is 24.5 Å². The van der Waals surface area contributed by atoms with Crippen molar-refractivity contribution in [2.75, 3.05) is 20.3 Å². The minimum absolute atomic E-state index is 0.00754. The first-order valence-electron chi connectivity index (χ1n) is 10.7. The third-order valence-electron chi connectivity index (χ3n) is 5.21. The zero-order valence-electron chi connectivity index (χ0n) is 19.3. The van der Waals surface area contributed by atoms with Crippen molar-refractivity contribution >= 4 is 17.8 Å². The lowest BCUT2D eigenvalue weighted by molar-refractivity contribution is -0.166. The monoisotopic (exact) mass is 472 g/mol. The van der Waals surface area contributed by atoms with E-state index in [1.54, 1.807) is 31.2 Å². The second-order valence-electron chi connectivity index (χ2n) is 7.45. The number of carbonyl (C=O) groups excluding carboxylic acids is 3. The van der Waals surface area contributed by atoms with Gasteiger partial charge in [-0.05, 0) is 30.7 Å². The molecule has 34 heavy (non-hydrogen) atoms. The third-order valence-corrected chi connectivity index (χ3v) is 5.21. The second kappa shape index (κ2) is 12.5. The molecular formula is C25H29FN2O6. The van der Waals surface area contributed by atoms with Crippen molar-refractivity contribution < 1.29 is 33.4 Å². The van der Waals surface area contributed by atoms with Crippen molar-refractivity contribution in [1.29, 1.82) is 0 Å². The van der Waals surface area contributed by atoms with Gasteiger partial charge in [-0.15, -0.1) is 6.58 Å². The second-order valence-corrected chi connectivity index (χ2v) is 7.45. The lowest BCUT2D eigenvalue weighted by atomic mass is 9.89. The Morgan fingerprint density at radius 1 is 1.18 bits per heavy atom. The summed E-state index contributed by atoms with van der Waals surface area (Å²) in [6.45, 7) is 4.69. The van der Waals surface area contributed by atoms with Crippen molar-refractivity contribution in [3.63, 3.8) is 0 Å². The van der Waals surface area contributed by atoms with Gasteiger partial charge in [0.15, 0.2) is 0 Å². The Morgan fingerprint density at radius 2 is 1.88 bits per heavy atom. The van der Waals surface area contributed by atoms with Gasteiger partial charge in [-0.3, -0.25) is 14.5 Å². The smallest absolute Gasteiger partial charge is 0.336 e. The molecule has 8 nitrogen and oxygen atoms in total. The maximum Gasteiger partial charge on any atom is 0.336 e. The number of phenolic OH excluding ortho intramolecular Hbond substituents is 1. The molecule has 0 radical (unpaired) electrons. The zero-order valence-corrected chi connectivity index (χ0v) is 19.3. The number of hydrogen-bond acceptors (Lipinski definition) is 7. The Morgan fingerprint density at radius 3 is 2.50 bits per heavy atom. The molecule has 0 spiro atoms. The first-order valence-corrected chi connectivity index (χ1v) is 10.7. The Balaban J connectivity index is 2.64. The molecule has 2 aromatic rings. The van der Waals surface area contributed by atoms with E-state index in [1.165, 1.54) is 24.2 Å². The van der Waals surface area contributed by atoms with Crippen LogP contribution in [-0.4, -0.2) is 53.7 Å². The highest BCUT2D eigenvalue weighted by Gasteiger charge is 2.51. The molecule has 2 aromatic carbocycles. The maximum atomic E-state index is 14.0. The van der Waals surface area contributed by atoms with Crippen molar-refractivity contribution in [3.8, 4) is 5.75 Å². The number of benzene rings is 2. The van der Waals surface area contributed by atoms with E-state index >= 15 is 0 Å². The summed E-state index contributed by atoms with van der Waals surface area (Å²) in [5, 5.41) is 12.8. The number of nitrogens with zero attached hydrogens (tertiary/aromatic N) is 1. The van der Waals surface area contributed by atoms with Gasteiger partial charge in [0.1, 0.15) is 18.1 Å². The fourth-order valence-electron chi connectivity index (χ4n) is 3.52. The number of nitrogens with one attached hydrogen (secondary N) is 1. The number of aromatic hydroxyl groups is 1. The molecule has 182 valence electrons. The number of methoxy groups -OCH3 is 1. The number of halogens is 1. The van der Waals surface area contributed by atoms with E-state index in [4.69, 9.17) is 4.74 Å². The Hall–Kier alpha value is -3.72. The Kier molecular flexibility index (Phi) is 9.76. The van der Waals surface area contributed by atoms with Gasteiger partial charge in [0, 0.05) is 25.1 Å². The summed E-state index contributed by atoms with van der Waals surface area (Å²) in [4.78, 5) is 40.0. The van der Waals surface area contributed by atoms with E-state index in [2.05, 4.69) is 16.6 Å². The molecule has 1 atom stereocenters. The summed E-state index contributed by atoms with van der Waals surface area (Å²) in [6, 6.07) is 12.4. The van der Waals surface area contributed by atoms with Crippen LogP contribution in [0, 0.1) is 5.82 Å². The fraction of sp³-hybridized carbons (Fsp3) is 0.320. The minimum Gasteiger partial charge on any atom is -0.508 e. The Bertz CT molecular complexity index is 1010. The van der Waals surface area contributed by atoms with Gasteiger partial charge >= 0.3 is 11.9 Å². The van der Waals surface area contributed by atoms with Crippen LogP contribution in [0.2, 0.25) is 0 Å². The topological polar surface area (TPSA) is 105 Å². The highest BCUT2D eigenvalue weighted by atomic mass is 19.1. The van der Waals surface area contributed by atoms with Crippen LogP contribution in [-0.2, 0) is 36.9 Å². The average Bonchev–Trinajstić information content (AvgIpc) is 2.83. The number of phenols is 1. The summed E-state index contributed by atoms with van der Waals surface area (Å²) in [6.07, 6.45) is 1.21. The van der Waals surface area contributed by atoms with E-state index in [1.807, 2.05) is 6.07 Å². The molecule has 2 N–H and O–H groups in total. The predicted molar refractivity (Wildman–Crippen MR) is 123 cm³/mol. The van der Waals surface area contributed by atoms with Gasteiger partial charge in [0.05, 0.1) is 13.7 Å². The molecule has 2 rings (SSSR count). The fourth-order valence-corrected chi connectivity index (χ4v) is 3.52. The summed E-state index contributed by atoms with van der Waals surface area (Å²) < 4.78 is 23.9. The highest BCUT2D eigenvalue weighted by molar-refractivity contribution is 6.08. The largest absolute Gasteiger partial charge is 0.508 e. The van der Waals surface area contributed by atoms with E-state index in [9.17, 15) is 23.9 Å². The molecule has 0 saturated heterocycles. The molecule has 0 unspecified atom stereocenters. The van der Waals surface area contributed by atoms with Crippen molar-refractivity contribution in [1.82, 2.24) is 10.2 Å². The van der Waals surface area contributed by atoms with Crippen molar-refractivity contribution in [2.24, 2.45) is 0 Å². The molecule has 0 heterocycles. The lowest BCUT2D eigenvalue weighted by Crippen LogP contribution is -2.64. The molecule has 0 aliphatic carbocycles. The molecule has 0 saturated carbocycles. The van der Waals surface area contributed by atoms with E-state index in [0.29, 0.717) is 0 Å². The number of carbonyl (C=O) groups is 3. The van der Waals surface area contributed by atoms with Crippen LogP contribution in [0.15, 0.2) is 61.2 Å². The number of rotatable bonds is 12. The van der Waals surface area contributed by atoms with Crippen LogP contribution >= 0.6 is 0 Å². The van der Waals surface area contributed by atoms with Crippen LogP contribution in [0.4, 0.5) is 4.39 Å². The van der Waals surface area contributed by atoms with E-state index < -0.39 is 35.7 Å². The molecule has 0 aromatic heterocycles. The van der Waals surface area contributed by atoms with Crippen LogP contribution in [0.25, 0.3) is 0 Å². The molecule has 0 aliphatic heterocycles. The summed E-state index contributed by atoms with van der Waals surface area (Å²) in [5.41, 5.74) is -1.06. The zero-order chi connectivity index (χ0) is 25.1. The quantitative estimate of drug-likeness (QED) is 0.278. The van der Waals surface area contributed by atoms with Gasteiger partial charge < -0.3 is 19.9 Å². The highest BCUT2D eigenvalue weighted by Crippen LogP contribution is 2.30.